The van der Waals surface area contributed by atoms with Crippen molar-refractivity contribution in [1.82, 2.24) is 19.6 Å². The van der Waals surface area contributed by atoms with E-state index in [0.29, 0.717) is 6.04 Å². The van der Waals surface area contributed by atoms with Gasteiger partial charge in [0, 0.05) is 56.4 Å². The SMILES string of the molecule is C[C@@H]1Cc2ccccc2N1C(=O)c1ccc(=O)n(CCC(=O)N2CCN(C3CCCCC3)CC2)n1. The molecule has 1 saturated carbocycles. The first-order valence-electron chi connectivity index (χ1n) is 13.0. The minimum absolute atomic E-state index is 0.0240. The lowest BCUT2D eigenvalue weighted by molar-refractivity contribution is -0.133. The normalized spacial score (nSPS) is 21.2. The number of benzene rings is 1. The van der Waals surface area contributed by atoms with Gasteiger partial charge in [0.1, 0.15) is 5.69 Å². The molecule has 1 aromatic carbocycles. The fraction of sp³-hybridized carbons (Fsp3) is 0.556. The number of carbonyl (C=O) groups is 2. The van der Waals surface area contributed by atoms with Crippen molar-refractivity contribution < 1.29 is 9.59 Å². The summed E-state index contributed by atoms with van der Waals surface area (Å²) in [5.74, 6) is -0.179. The molecule has 2 aromatic rings. The topological polar surface area (TPSA) is 78.8 Å². The minimum atomic E-state index is -0.300. The quantitative estimate of drug-likeness (QED) is 0.662. The Balaban J connectivity index is 1.20. The molecule has 0 spiro atoms. The minimum Gasteiger partial charge on any atom is -0.340 e. The Labute approximate surface area is 206 Å². The second kappa shape index (κ2) is 10.3. The lowest BCUT2D eigenvalue weighted by atomic mass is 9.94. The number of aromatic nitrogens is 2. The van der Waals surface area contributed by atoms with Crippen molar-refractivity contribution in [2.75, 3.05) is 31.1 Å². The number of hydrogen-bond donors (Lipinski definition) is 0. The number of amides is 2. The molecule has 0 N–H and O–H groups in total. The first-order valence-corrected chi connectivity index (χ1v) is 13.0. The number of rotatable bonds is 5. The maximum atomic E-state index is 13.3. The number of fused-ring (bicyclic) bond motifs is 1. The molecule has 0 radical (unpaired) electrons. The molecule has 1 aliphatic carbocycles. The molecule has 0 unspecified atom stereocenters. The van der Waals surface area contributed by atoms with Crippen LogP contribution in [0.15, 0.2) is 41.2 Å². The molecule has 2 amide bonds. The fourth-order valence-corrected chi connectivity index (χ4v) is 5.86. The summed E-state index contributed by atoms with van der Waals surface area (Å²) in [5, 5.41) is 4.35. The van der Waals surface area contributed by atoms with E-state index in [-0.39, 0.29) is 42.1 Å². The average Bonchev–Trinajstić information content (AvgIpc) is 3.23. The van der Waals surface area contributed by atoms with Gasteiger partial charge in [0.25, 0.3) is 11.5 Å². The number of aryl methyl sites for hydroxylation is 1. The van der Waals surface area contributed by atoms with Gasteiger partial charge in [0.05, 0.1) is 6.54 Å². The molecule has 3 aliphatic rings. The highest BCUT2D eigenvalue weighted by atomic mass is 16.2. The number of nitrogens with zero attached hydrogens (tertiary/aromatic N) is 5. The Morgan fingerprint density at radius 3 is 2.49 bits per heavy atom. The molecule has 3 heterocycles. The lowest BCUT2D eigenvalue weighted by Crippen LogP contribution is -2.52. The van der Waals surface area contributed by atoms with Crippen molar-refractivity contribution in [3.63, 3.8) is 0 Å². The summed E-state index contributed by atoms with van der Waals surface area (Å²) >= 11 is 0. The second-order valence-corrected chi connectivity index (χ2v) is 10.1. The smallest absolute Gasteiger partial charge is 0.278 e. The molecule has 1 aromatic heterocycles. The average molecular weight is 478 g/mol. The number of anilines is 1. The number of carbonyl (C=O) groups excluding carboxylic acids is 2. The summed E-state index contributed by atoms with van der Waals surface area (Å²) in [6, 6.07) is 11.4. The van der Waals surface area contributed by atoms with Gasteiger partial charge in [-0.1, -0.05) is 37.5 Å². The van der Waals surface area contributed by atoms with E-state index < -0.39 is 0 Å². The van der Waals surface area contributed by atoms with Gasteiger partial charge in [-0.05, 0) is 43.9 Å². The number of para-hydroxylation sites is 1. The largest absolute Gasteiger partial charge is 0.340 e. The maximum Gasteiger partial charge on any atom is 0.278 e. The molecule has 0 bridgehead atoms. The predicted octanol–water partition coefficient (Wildman–Crippen LogP) is 2.70. The summed E-state index contributed by atoms with van der Waals surface area (Å²) in [6.07, 6.45) is 7.53. The Kier molecular flexibility index (Phi) is 7.00. The van der Waals surface area contributed by atoms with Crippen LogP contribution in [0.1, 0.15) is 61.5 Å². The third-order valence-electron chi connectivity index (χ3n) is 7.81. The molecular weight excluding hydrogens is 442 g/mol. The lowest BCUT2D eigenvalue weighted by Gasteiger charge is -2.40. The molecule has 8 nitrogen and oxygen atoms in total. The molecule has 1 atom stereocenters. The van der Waals surface area contributed by atoms with Gasteiger partial charge < -0.3 is 9.80 Å². The second-order valence-electron chi connectivity index (χ2n) is 10.1. The van der Waals surface area contributed by atoms with Crippen molar-refractivity contribution in [2.24, 2.45) is 0 Å². The van der Waals surface area contributed by atoms with E-state index in [1.807, 2.05) is 36.1 Å². The van der Waals surface area contributed by atoms with E-state index in [2.05, 4.69) is 10.00 Å². The van der Waals surface area contributed by atoms with E-state index in [9.17, 15) is 14.4 Å². The van der Waals surface area contributed by atoms with Crippen LogP contribution in [0.2, 0.25) is 0 Å². The highest BCUT2D eigenvalue weighted by Gasteiger charge is 2.32. The highest BCUT2D eigenvalue weighted by Crippen LogP contribution is 2.32. The van der Waals surface area contributed by atoms with E-state index in [4.69, 9.17) is 0 Å². The van der Waals surface area contributed by atoms with Crippen molar-refractivity contribution in [2.45, 2.75) is 70.5 Å². The van der Waals surface area contributed by atoms with E-state index in [0.717, 1.165) is 43.9 Å². The van der Waals surface area contributed by atoms with Crippen LogP contribution in [0.4, 0.5) is 5.69 Å². The molecule has 186 valence electrons. The summed E-state index contributed by atoms with van der Waals surface area (Å²) < 4.78 is 1.26. The molecule has 8 heteroatoms. The summed E-state index contributed by atoms with van der Waals surface area (Å²) in [6.45, 7) is 5.52. The van der Waals surface area contributed by atoms with Gasteiger partial charge in [-0.15, -0.1) is 0 Å². The Bertz CT molecular complexity index is 1130. The van der Waals surface area contributed by atoms with Crippen LogP contribution in [0.3, 0.4) is 0 Å². The Hall–Kier alpha value is -3.00. The van der Waals surface area contributed by atoms with E-state index in [1.54, 1.807) is 4.90 Å². The van der Waals surface area contributed by atoms with Gasteiger partial charge >= 0.3 is 0 Å². The maximum absolute atomic E-state index is 13.3. The molecule has 2 fully saturated rings. The molecule has 2 aliphatic heterocycles. The fourth-order valence-electron chi connectivity index (χ4n) is 5.86. The number of hydrogen-bond acceptors (Lipinski definition) is 5. The summed E-state index contributed by atoms with van der Waals surface area (Å²) in [4.78, 5) is 44.8. The van der Waals surface area contributed by atoms with Crippen LogP contribution in [-0.4, -0.2) is 69.7 Å². The number of piperazine rings is 1. The van der Waals surface area contributed by atoms with E-state index in [1.165, 1.54) is 48.9 Å². The summed E-state index contributed by atoms with van der Waals surface area (Å²) in [7, 11) is 0. The van der Waals surface area contributed by atoms with Crippen LogP contribution < -0.4 is 10.5 Å². The van der Waals surface area contributed by atoms with Crippen LogP contribution in [-0.2, 0) is 17.8 Å². The van der Waals surface area contributed by atoms with Crippen LogP contribution >= 0.6 is 0 Å². The van der Waals surface area contributed by atoms with Crippen LogP contribution in [0, 0.1) is 0 Å². The van der Waals surface area contributed by atoms with Crippen molar-refractivity contribution >= 4 is 17.5 Å². The van der Waals surface area contributed by atoms with Crippen LogP contribution in [0.25, 0.3) is 0 Å². The Morgan fingerprint density at radius 2 is 1.71 bits per heavy atom. The highest BCUT2D eigenvalue weighted by molar-refractivity contribution is 6.06. The van der Waals surface area contributed by atoms with Gasteiger partial charge in [0.15, 0.2) is 0 Å². The summed E-state index contributed by atoms with van der Waals surface area (Å²) in [5.41, 5.74) is 1.95. The van der Waals surface area contributed by atoms with Crippen molar-refractivity contribution in [3.8, 4) is 0 Å². The zero-order valence-corrected chi connectivity index (χ0v) is 20.6. The first-order chi connectivity index (χ1) is 17.0. The van der Waals surface area contributed by atoms with Crippen molar-refractivity contribution in [3.05, 3.63) is 58.0 Å². The van der Waals surface area contributed by atoms with Crippen molar-refractivity contribution in [1.29, 1.82) is 0 Å². The predicted molar refractivity (Wildman–Crippen MR) is 135 cm³/mol. The van der Waals surface area contributed by atoms with Gasteiger partial charge in [-0.25, -0.2) is 4.68 Å². The standard InChI is InChI=1S/C27H35N5O3/c1-20-19-21-7-5-6-10-24(21)32(20)27(35)23-11-12-26(34)31(28-23)14-13-25(33)30-17-15-29(16-18-30)22-8-3-2-4-9-22/h5-7,10-12,20,22H,2-4,8-9,13-19H2,1H3/t20-/m1/s1. The molecular formula is C27H35N5O3. The third-order valence-corrected chi connectivity index (χ3v) is 7.81. The Morgan fingerprint density at radius 1 is 0.971 bits per heavy atom. The first kappa shape index (κ1) is 23.7. The molecule has 35 heavy (non-hydrogen) atoms. The third kappa shape index (κ3) is 5.03. The molecule has 5 rings (SSSR count). The van der Waals surface area contributed by atoms with Gasteiger partial charge in [-0.3, -0.25) is 19.3 Å². The zero-order chi connectivity index (χ0) is 24.4. The van der Waals surface area contributed by atoms with Crippen LogP contribution in [0.5, 0.6) is 0 Å². The van der Waals surface area contributed by atoms with Gasteiger partial charge in [0.2, 0.25) is 5.91 Å². The molecule has 1 saturated heterocycles. The van der Waals surface area contributed by atoms with Gasteiger partial charge in [-0.2, -0.15) is 5.10 Å². The monoisotopic (exact) mass is 477 g/mol. The zero-order valence-electron chi connectivity index (χ0n) is 20.6. The van der Waals surface area contributed by atoms with E-state index >= 15 is 0 Å².